The van der Waals surface area contributed by atoms with Crippen LogP contribution < -0.4 is 4.90 Å². The van der Waals surface area contributed by atoms with Crippen molar-refractivity contribution in [2.24, 2.45) is 5.92 Å². The molecular formula is C23H23FN4O2. The van der Waals surface area contributed by atoms with E-state index in [1.54, 1.807) is 23.2 Å². The molecule has 3 aromatic rings. The maximum absolute atomic E-state index is 13.1. The topological polar surface area (TPSA) is 59.7 Å². The summed E-state index contributed by atoms with van der Waals surface area (Å²) in [6.45, 7) is 3.67. The lowest BCUT2D eigenvalue weighted by Crippen LogP contribution is -2.59. The first-order chi connectivity index (χ1) is 14.6. The number of rotatable bonds is 3. The molecule has 30 heavy (non-hydrogen) atoms. The van der Waals surface area contributed by atoms with E-state index in [0.717, 1.165) is 29.7 Å². The van der Waals surface area contributed by atoms with Crippen molar-refractivity contribution >= 4 is 28.4 Å². The molecule has 0 spiro atoms. The van der Waals surface area contributed by atoms with Gasteiger partial charge in [-0.2, -0.15) is 0 Å². The van der Waals surface area contributed by atoms with Gasteiger partial charge in [-0.1, -0.05) is 18.2 Å². The number of aromatic nitrogens is 1. The Morgan fingerprint density at radius 2 is 1.60 bits per heavy atom. The minimum absolute atomic E-state index is 0.0300. The molecule has 3 heterocycles. The van der Waals surface area contributed by atoms with Crippen molar-refractivity contribution in [1.29, 1.82) is 0 Å². The van der Waals surface area contributed by atoms with Gasteiger partial charge in [-0.25, -0.2) is 4.39 Å². The highest BCUT2D eigenvalue weighted by Gasteiger charge is 2.39. The monoisotopic (exact) mass is 406 g/mol. The Morgan fingerprint density at radius 1 is 0.900 bits per heavy atom. The number of hydrogen-bond acceptors (Lipinski definition) is 3. The van der Waals surface area contributed by atoms with E-state index >= 15 is 0 Å². The first-order valence-corrected chi connectivity index (χ1v) is 10.2. The lowest BCUT2D eigenvalue weighted by Gasteiger charge is -2.43. The second-order valence-corrected chi connectivity index (χ2v) is 7.94. The summed E-state index contributed by atoms with van der Waals surface area (Å²) in [6.07, 6.45) is 1.75. The summed E-state index contributed by atoms with van der Waals surface area (Å²) in [5.41, 5.74) is 2.57. The van der Waals surface area contributed by atoms with Crippen molar-refractivity contribution < 1.29 is 14.0 Å². The van der Waals surface area contributed by atoms with Gasteiger partial charge in [-0.15, -0.1) is 0 Å². The standard InChI is InChI=1S/C23H23FN4O2/c24-17-5-7-18(8-6-17)26-9-11-27(12-10-26)22(29)16-14-28(15-16)23(30)20-13-25-21-4-2-1-3-19(20)21/h1-8,13,16,25H,9-12,14-15H2. The Hall–Kier alpha value is -3.35. The van der Waals surface area contributed by atoms with Gasteiger partial charge in [0.05, 0.1) is 11.5 Å². The highest BCUT2D eigenvalue weighted by molar-refractivity contribution is 6.07. The fourth-order valence-electron chi connectivity index (χ4n) is 4.31. The van der Waals surface area contributed by atoms with Crippen LogP contribution in [-0.2, 0) is 4.79 Å². The number of nitrogens with zero attached hydrogens (tertiary/aromatic N) is 3. The van der Waals surface area contributed by atoms with E-state index in [1.807, 2.05) is 29.2 Å². The van der Waals surface area contributed by atoms with Crippen LogP contribution in [0.5, 0.6) is 0 Å². The van der Waals surface area contributed by atoms with Crippen LogP contribution in [0.3, 0.4) is 0 Å². The van der Waals surface area contributed by atoms with Crippen LogP contribution in [0, 0.1) is 11.7 Å². The zero-order chi connectivity index (χ0) is 20.7. The number of carbonyl (C=O) groups is 2. The molecule has 2 aliphatic heterocycles. The summed E-state index contributed by atoms with van der Waals surface area (Å²) >= 11 is 0. The van der Waals surface area contributed by atoms with Gasteiger partial charge >= 0.3 is 0 Å². The quantitative estimate of drug-likeness (QED) is 0.728. The van der Waals surface area contributed by atoms with E-state index in [-0.39, 0.29) is 23.5 Å². The molecule has 0 aliphatic carbocycles. The molecule has 2 fully saturated rings. The number of benzene rings is 2. The number of halogens is 1. The number of nitrogens with one attached hydrogen (secondary N) is 1. The SMILES string of the molecule is O=C(c1c[nH]c2ccccc12)N1CC(C(=O)N2CCN(c3ccc(F)cc3)CC2)C1. The number of hydrogen-bond donors (Lipinski definition) is 1. The normalized spacial score (nSPS) is 17.3. The molecule has 0 bridgehead atoms. The van der Waals surface area contributed by atoms with Crippen LogP contribution in [0.2, 0.25) is 0 Å². The van der Waals surface area contributed by atoms with Gasteiger partial charge in [-0.05, 0) is 30.3 Å². The van der Waals surface area contributed by atoms with Gasteiger partial charge < -0.3 is 19.7 Å². The predicted octanol–water partition coefficient (Wildman–Crippen LogP) is 2.73. The summed E-state index contributed by atoms with van der Waals surface area (Å²) in [4.78, 5) is 34.6. The van der Waals surface area contributed by atoms with Crippen molar-refractivity contribution in [3.05, 3.63) is 66.1 Å². The summed E-state index contributed by atoms with van der Waals surface area (Å²) in [5.74, 6) is -0.282. The van der Waals surface area contributed by atoms with Crippen LogP contribution in [0.4, 0.5) is 10.1 Å². The van der Waals surface area contributed by atoms with E-state index in [9.17, 15) is 14.0 Å². The molecule has 6 nitrogen and oxygen atoms in total. The molecular weight excluding hydrogens is 383 g/mol. The van der Waals surface area contributed by atoms with E-state index in [2.05, 4.69) is 9.88 Å². The highest BCUT2D eigenvalue weighted by Crippen LogP contribution is 2.26. The molecule has 0 saturated carbocycles. The predicted molar refractivity (Wildman–Crippen MR) is 113 cm³/mol. The number of fused-ring (bicyclic) bond motifs is 1. The average molecular weight is 406 g/mol. The Bertz CT molecular complexity index is 1080. The zero-order valence-corrected chi connectivity index (χ0v) is 16.6. The minimum Gasteiger partial charge on any atom is -0.368 e. The van der Waals surface area contributed by atoms with Gasteiger partial charge in [0, 0.05) is 62.1 Å². The van der Waals surface area contributed by atoms with Crippen LogP contribution in [0.1, 0.15) is 10.4 Å². The summed E-state index contributed by atoms with van der Waals surface area (Å²) < 4.78 is 13.1. The largest absolute Gasteiger partial charge is 0.368 e. The molecule has 0 atom stereocenters. The Morgan fingerprint density at radius 3 is 2.33 bits per heavy atom. The van der Waals surface area contributed by atoms with E-state index in [1.165, 1.54) is 12.1 Å². The van der Waals surface area contributed by atoms with E-state index in [0.29, 0.717) is 31.7 Å². The molecule has 1 aromatic heterocycles. The maximum atomic E-state index is 13.1. The lowest BCUT2D eigenvalue weighted by molar-refractivity contribution is -0.140. The lowest BCUT2D eigenvalue weighted by atomic mass is 9.96. The van der Waals surface area contributed by atoms with Gasteiger partial charge in [0.15, 0.2) is 0 Å². The number of aromatic amines is 1. The van der Waals surface area contributed by atoms with Crippen LogP contribution in [0.15, 0.2) is 54.7 Å². The van der Waals surface area contributed by atoms with Crippen LogP contribution in [-0.4, -0.2) is 65.9 Å². The fraction of sp³-hybridized carbons (Fsp3) is 0.304. The second kappa shape index (κ2) is 7.48. The first kappa shape index (κ1) is 18.7. The minimum atomic E-state index is -0.246. The van der Waals surface area contributed by atoms with Crippen molar-refractivity contribution in [3.8, 4) is 0 Å². The third-order valence-electron chi connectivity index (χ3n) is 6.12. The Labute approximate surface area is 173 Å². The fourth-order valence-corrected chi connectivity index (χ4v) is 4.31. The maximum Gasteiger partial charge on any atom is 0.256 e. The van der Waals surface area contributed by atoms with Gasteiger partial charge in [-0.3, -0.25) is 9.59 Å². The molecule has 5 rings (SSSR count). The van der Waals surface area contributed by atoms with Gasteiger partial charge in [0.25, 0.3) is 5.91 Å². The second-order valence-electron chi connectivity index (χ2n) is 7.94. The van der Waals surface area contributed by atoms with E-state index < -0.39 is 0 Å². The number of piperazine rings is 1. The first-order valence-electron chi connectivity index (χ1n) is 10.2. The number of carbonyl (C=O) groups excluding carboxylic acids is 2. The molecule has 2 aliphatic rings. The number of amides is 2. The third-order valence-corrected chi connectivity index (χ3v) is 6.12. The molecule has 7 heteroatoms. The molecule has 1 N–H and O–H groups in total. The number of likely N-dealkylation sites (tertiary alicyclic amines) is 1. The van der Waals surface area contributed by atoms with Crippen molar-refractivity contribution in [2.45, 2.75) is 0 Å². The Balaban J connectivity index is 1.15. The molecule has 2 saturated heterocycles. The summed E-state index contributed by atoms with van der Waals surface area (Å²) in [7, 11) is 0. The molecule has 154 valence electrons. The van der Waals surface area contributed by atoms with Crippen molar-refractivity contribution in [1.82, 2.24) is 14.8 Å². The van der Waals surface area contributed by atoms with Crippen molar-refractivity contribution in [3.63, 3.8) is 0 Å². The summed E-state index contributed by atoms with van der Waals surface area (Å²) in [5, 5.41) is 0.911. The molecule has 2 amide bonds. The highest BCUT2D eigenvalue weighted by atomic mass is 19.1. The van der Waals surface area contributed by atoms with E-state index in [4.69, 9.17) is 0 Å². The molecule has 0 unspecified atom stereocenters. The third kappa shape index (κ3) is 3.30. The summed E-state index contributed by atoms with van der Waals surface area (Å²) in [6, 6.07) is 14.2. The van der Waals surface area contributed by atoms with Crippen LogP contribution >= 0.6 is 0 Å². The average Bonchev–Trinajstić information content (AvgIpc) is 3.17. The van der Waals surface area contributed by atoms with Gasteiger partial charge in [0.2, 0.25) is 5.91 Å². The molecule has 2 aromatic carbocycles. The van der Waals surface area contributed by atoms with Crippen molar-refractivity contribution in [2.75, 3.05) is 44.2 Å². The number of H-pyrrole nitrogens is 1. The Kier molecular flexibility index (Phi) is 4.65. The smallest absolute Gasteiger partial charge is 0.256 e. The number of para-hydroxylation sites is 1. The van der Waals surface area contributed by atoms with Gasteiger partial charge in [0.1, 0.15) is 5.82 Å². The number of anilines is 1. The zero-order valence-electron chi connectivity index (χ0n) is 16.6. The van der Waals surface area contributed by atoms with Crippen LogP contribution in [0.25, 0.3) is 10.9 Å². The molecule has 0 radical (unpaired) electrons.